The van der Waals surface area contributed by atoms with E-state index in [1.54, 1.807) is 0 Å². The first kappa shape index (κ1) is 35.9. The summed E-state index contributed by atoms with van der Waals surface area (Å²) in [5.41, 5.74) is 13.9. The first-order chi connectivity index (χ1) is 22.4. The summed E-state index contributed by atoms with van der Waals surface area (Å²) in [6.45, 7) is 16.8. The Bertz CT molecular complexity index is 1600. The highest BCUT2D eigenvalue weighted by Gasteiger charge is 2.20. The van der Waals surface area contributed by atoms with E-state index < -0.39 is 0 Å². The molecule has 252 valence electrons. The Kier molecular flexibility index (Phi) is 12.1. The Labute approximate surface area is 283 Å². The predicted octanol–water partition coefficient (Wildman–Crippen LogP) is 10.3. The number of phenols is 4. The maximum atomic E-state index is 11.7. The van der Waals surface area contributed by atoms with Crippen LogP contribution in [0.15, 0.2) is 36.4 Å². The highest BCUT2D eigenvalue weighted by molar-refractivity contribution is 5.56. The second kappa shape index (κ2) is 15.8. The highest BCUT2D eigenvalue weighted by atomic mass is 16.3. The monoisotopic (exact) mass is 636 g/mol. The minimum atomic E-state index is 0.266. The Hall–Kier alpha value is -3.92. The number of hydrogen-bond donors (Lipinski definition) is 4. The van der Waals surface area contributed by atoms with Gasteiger partial charge in [-0.1, -0.05) is 101 Å². The summed E-state index contributed by atoms with van der Waals surface area (Å²) >= 11 is 0. The molecule has 0 aliphatic heterocycles. The molecule has 4 N–H and O–H groups in total. The van der Waals surface area contributed by atoms with Crippen molar-refractivity contribution in [3.63, 3.8) is 0 Å². The van der Waals surface area contributed by atoms with Crippen molar-refractivity contribution in [3.8, 4) is 23.0 Å². The van der Waals surface area contributed by atoms with Gasteiger partial charge in [-0.05, 0) is 120 Å². The molecule has 0 atom stereocenters. The molecule has 0 spiro atoms. The quantitative estimate of drug-likeness (QED) is 0.111. The van der Waals surface area contributed by atoms with Gasteiger partial charge in [-0.25, -0.2) is 0 Å². The second-order valence-electron chi connectivity index (χ2n) is 13.7. The molecule has 0 saturated heterocycles. The largest absolute Gasteiger partial charge is 0.507 e. The van der Waals surface area contributed by atoms with Gasteiger partial charge in [0.2, 0.25) is 0 Å². The van der Waals surface area contributed by atoms with Gasteiger partial charge in [-0.15, -0.1) is 0 Å². The number of aromatic hydroxyl groups is 4. The summed E-state index contributed by atoms with van der Waals surface area (Å²) in [6.07, 6.45) is 8.67. The molecule has 4 nitrogen and oxygen atoms in total. The fourth-order valence-corrected chi connectivity index (χ4v) is 7.33. The first-order valence-corrected chi connectivity index (χ1v) is 17.7. The Morgan fingerprint density at radius 2 is 0.660 bits per heavy atom. The summed E-state index contributed by atoms with van der Waals surface area (Å²) in [5.74, 6) is 1.39. The zero-order valence-electron chi connectivity index (χ0n) is 30.0. The normalized spacial score (nSPS) is 11.4. The third kappa shape index (κ3) is 7.97. The van der Waals surface area contributed by atoms with Crippen LogP contribution >= 0.6 is 0 Å². The van der Waals surface area contributed by atoms with Crippen LogP contribution in [-0.4, -0.2) is 20.4 Å². The average molecular weight is 637 g/mol. The molecule has 0 amide bonds. The number of rotatable bonds is 14. The lowest BCUT2D eigenvalue weighted by atomic mass is 9.87. The van der Waals surface area contributed by atoms with Crippen LogP contribution in [0.3, 0.4) is 0 Å². The van der Waals surface area contributed by atoms with Crippen LogP contribution in [0, 0.1) is 27.7 Å². The lowest BCUT2D eigenvalue weighted by Crippen LogP contribution is -2.04. The summed E-state index contributed by atoms with van der Waals surface area (Å²) in [6, 6.07) is 12.4. The molecule has 0 heterocycles. The van der Waals surface area contributed by atoms with E-state index in [0.717, 1.165) is 129 Å². The number of benzene rings is 4. The highest BCUT2D eigenvalue weighted by Crippen LogP contribution is 2.38. The lowest BCUT2D eigenvalue weighted by Gasteiger charge is -2.20. The molecular formula is C43H56O4. The van der Waals surface area contributed by atoms with E-state index in [9.17, 15) is 20.4 Å². The van der Waals surface area contributed by atoms with Gasteiger partial charge >= 0.3 is 0 Å². The lowest BCUT2D eigenvalue weighted by molar-refractivity contribution is 0.456. The maximum Gasteiger partial charge on any atom is 0.122 e. The molecule has 4 aromatic carbocycles. The molecule has 4 aromatic rings. The van der Waals surface area contributed by atoms with E-state index in [4.69, 9.17) is 0 Å². The van der Waals surface area contributed by atoms with Gasteiger partial charge < -0.3 is 20.4 Å². The second-order valence-corrected chi connectivity index (χ2v) is 13.7. The molecule has 0 bridgehead atoms. The summed E-state index contributed by atoms with van der Waals surface area (Å²) in [7, 11) is 0. The number of hydrogen-bond acceptors (Lipinski definition) is 4. The first-order valence-electron chi connectivity index (χ1n) is 17.7. The molecule has 4 heteroatoms. The average Bonchev–Trinajstić information content (AvgIpc) is 3.02. The van der Waals surface area contributed by atoms with Crippen molar-refractivity contribution in [2.24, 2.45) is 0 Å². The van der Waals surface area contributed by atoms with Crippen LogP contribution < -0.4 is 0 Å². The minimum Gasteiger partial charge on any atom is -0.507 e. The van der Waals surface area contributed by atoms with E-state index in [-0.39, 0.29) is 11.5 Å². The third-order valence-electron chi connectivity index (χ3n) is 9.75. The van der Waals surface area contributed by atoms with Crippen LogP contribution in [0.5, 0.6) is 23.0 Å². The molecule has 0 aromatic heterocycles. The van der Waals surface area contributed by atoms with E-state index in [1.807, 2.05) is 12.1 Å². The maximum absolute atomic E-state index is 11.7. The van der Waals surface area contributed by atoms with Crippen LogP contribution in [0.1, 0.15) is 131 Å². The molecule has 0 aliphatic carbocycles. The number of aryl methyl sites for hydroxylation is 4. The van der Waals surface area contributed by atoms with Crippen molar-refractivity contribution in [2.45, 2.75) is 126 Å². The Morgan fingerprint density at radius 1 is 0.362 bits per heavy atom. The van der Waals surface area contributed by atoms with Crippen molar-refractivity contribution >= 4 is 0 Å². The fourth-order valence-electron chi connectivity index (χ4n) is 7.33. The molecule has 47 heavy (non-hydrogen) atoms. The molecule has 0 radical (unpaired) electrons. The van der Waals surface area contributed by atoms with Crippen molar-refractivity contribution in [1.82, 2.24) is 0 Å². The summed E-state index contributed by atoms with van der Waals surface area (Å²) < 4.78 is 0. The molecule has 0 unspecified atom stereocenters. The van der Waals surface area contributed by atoms with Gasteiger partial charge in [0.05, 0.1) is 0 Å². The van der Waals surface area contributed by atoms with Gasteiger partial charge in [-0.2, -0.15) is 0 Å². The van der Waals surface area contributed by atoms with E-state index >= 15 is 0 Å². The van der Waals surface area contributed by atoms with Crippen LogP contribution in [0.2, 0.25) is 0 Å². The standard InChI is InChI=1S/C43H56O4/c1-9-13-30-21-32(28(7)38(15-11-3)42(30)46)23-34-17-26(5)19-36(40(34)44)25-37-20-27(6)18-35(41(37)45)24-33-22-31(14-10-2)43(47)39(16-12-4)29(33)8/h17-22,44-47H,9-16,23-25H2,1-8H3. The van der Waals surface area contributed by atoms with Crippen molar-refractivity contribution in [3.05, 3.63) is 114 Å². The summed E-state index contributed by atoms with van der Waals surface area (Å²) in [4.78, 5) is 0. The Morgan fingerprint density at radius 3 is 0.957 bits per heavy atom. The molecule has 0 aliphatic rings. The van der Waals surface area contributed by atoms with Gasteiger partial charge in [0.15, 0.2) is 0 Å². The smallest absolute Gasteiger partial charge is 0.122 e. The number of phenolic OH excluding ortho intramolecular Hbond substituents is 4. The molecule has 0 fully saturated rings. The van der Waals surface area contributed by atoms with Crippen molar-refractivity contribution < 1.29 is 20.4 Å². The third-order valence-corrected chi connectivity index (χ3v) is 9.75. The molecule has 4 rings (SSSR count). The van der Waals surface area contributed by atoms with Gasteiger partial charge in [-0.3, -0.25) is 0 Å². The van der Waals surface area contributed by atoms with Crippen LogP contribution in [0.25, 0.3) is 0 Å². The molecular weight excluding hydrogens is 580 g/mol. The van der Waals surface area contributed by atoms with Gasteiger partial charge in [0.25, 0.3) is 0 Å². The minimum absolute atomic E-state index is 0.266. The molecule has 0 saturated carbocycles. The summed E-state index contributed by atoms with van der Waals surface area (Å²) in [5, 5.41) is 45.3. The van der Waals surface area contributed by atoms with Crippen LogP contribution in [0.4, 0.5) is 0 Å². The van der Waals surface area contributed by atoms with Crippen molar-refractivity contribution in [2.75, 3.05) is 0 Å². The fraction of sp³-hybridized carbons (Fsp3) is 0.442. The van der Waals surface area contributed by atoms with E-state index in [2.05, 4.69) is 79.7 Å². The predicted molar refractivity (Wildman–Crippen MR) is 196 cm³/mol. The van der Waals surface area contributed by atoms with Gasteiger partial charge in [0.1, 0.15) is 23.0 Å². The van der Waals surface area contributed by atoms with E-state index in [0.29, 0.717) is 30.8 Å². The Balaban J connectivity index is 1.72. The van der Waals surface area contributed by atoms with Gasteiger partial charge in [0, 0.05) is 19.3 Å². The topological polar surface area (TPSA) is 80.9 Å². The van der Waals surface area contributed by atoms with E-state index in [1.165, 1.54) is 0 Å². The zero-order valence-corrected chi connectivity index (χ0v) is 30.0. The van der Waals surface area contributed by atoms with Crippen LogP contribution in [-0.2, 0) is 44.9 Å². The zero-order chi connectivity index (χ0) is 34.4. The SMILES string of the molecule is CCCc1cc(Cc2cc(C)cc(Cc3cc(C)cc(Cc4cc(CCC)c(O)c(CCC)c4C)c3O)c2O)c(C)c(CCC)c1O. The van der Waals surface area contributed by atoms with Crippen molar-refractivity contribution in [1.29, 1.82) is 0 Å².